The van der Waals surface area contributed by atoms with Crippen molar-refractivity contribution >= 4 is 33.0 Å². The van der Waals surface area contributed by atoms with Crippen LogP contribution in [0.1, 0.15) is 17.0 Å². The van der Waals surface area contributed by atoms with E-state index >= 15 is 0 Å². The molecule has 28 heavy (non-hydrogen) atoms. The molecular weight excluding hydrogens is 374 g/mol. The van der Waals surface area contributed by atoms with E-state index < -0.39 is 28.9 Å². The summed E-state index contributed by atoms with van der Waals surface area (Å²) in [4.78, 5) is 11.6. The molecule has 0 fully saturated rings. The van der Waals surface area contributed by atoms with Gasteiger partial charge in [-0.05, 0) is 16.8 Å². The SMILES string of the molecule is BC(B)(c1ccccc1F)c1nc(/C(N)=N/C(=N)C(F)(F)F)cn2ccnc12. The summed E-state index contributed by atoms with van der Waals surface area (Å²) in [5.74, 6) is -2.87. The van der Waals surface area contributed by atoms with Gasteiger partial charge in [0.25, 0.3) is 0 Å². The number of alkyl halides is 3. The smallest absolute Gasteiger partial charge is 0.382 e. The van der Waals surface area contributed by atoms with Gasteiger partial charge in [0.2, 0.25) is 5.84 Å². The first-order chi connectivity index (χ1) is 13.0. The van der Waals surface area contributed by atoms with E-state index in [4.69, 9.17) is 11.1 Å². The summed E-state index contributed by atoms with van der Waals surface area (Å²) in [6.45, 7) is 0. The lowest BCUT2D eigenvalue weighted by atomic mass is 9.49. The highest BCUT2D eigenvalue weighted by Gasteiger charge is 2.35. The molecule has 142 valence electrons. The zero-order valence-electron chi connectivity index (χ0n) is 14.9. The van der Waals surface area contributed by atoms with E-state index in [9.17, 15) is 17.6 Å². The van der Waals surface area contributed by atoms with E-state index in [0.29, 0.717) is 16.9 Å². The Bertz CT molecular complexity index is 1090. The van der Waals surface area contributed by atoms with Gasteiger partial charge in [0.1, 0.15) is 27.2 Å². The first-order valence-corrected chi connectivity index (χ1v) is 8.11. The molecule has 1 aromatic carbocycles. The minimum absolute atomic E-state index is 0.0843. The zero-order valence-corrected chi connectivity index (χ0v) is 14.9. The molecule has 0 radical (unpaired) electrons. The lowest BCUT2D eigenvalue weighted by Crippen LogP contribution is -2.33. The molecule has 12 heteroatoms. The number of halogens is 4. The predicted molar refractivity (Wildman–Crippen MR) is 102 cm³/mol. The van der Waals surface area contributed by atoms with Crippen LogP contribution in [0.3, 0.4) is 0 Å². The average Bonchev–Trinajstić information content (AvgIpc) is 3.08. The Morgan fingerprint density at radius 3 is 2.54 bits per heavy atom. The fourth-order valence-corrected chi connectivity index (χ4v) is 2.81. The second-order valence-corrected chi connectivity index (χ2v) is 6.58. The highest BCUT2D eigenvalue weighted by molar-refractivity contribution is 6.42. The van der Waals surface area contributed by atoms with Crippen molar-refractivity contribution in [1.82, 2.24) is 14.4 Å². The molecule has 3 rings (SSSR count). The van der Waals surface area contributed by atoms with E-state index in [1.807, 2.05) is 0 Å². The Morgan fingerprint density at radius 1 is 1.21 bits per heavy atom. The summed E-state index contributed by atoms with van der Waals surface area (Å²) in [6.07, 6.45) is -0.540. The van der Waals surface area contributed by atoms with Crippen molar-refractivity contribution in [3.05, 3.63) is 65.6 Å². The van der Waals surface area contributed by atoms with Gasteiger partial charge >= 0.3 is 6.18 Å². The Morgan fingerprint density at radius 2 is 1.89 bits per heavy atom. The molecule has 0 aliphatic heterocycles. The van der Waals surface area contributed by atoms with Crippen molar-refractivity contribution < 1.29 is 17.6 Å². The molecule has 0 aliphatic carbocycles. The first kappa shape index (κ1) is 19.6. The van der Waals surface area contributed by atoms with Gasteiger partial charge in [-0.25, -0.2) is 19.4 Å². The van der Waals surface area contributed by atoms with Gasteiger partial charge in [-0.1, -0.05) is 18.2 Å². The zero-order chi connectivity index (χ0) is 20.7. The molecule has 0 saturated carbocycles. The number of imidazole rings is 1. The number of benzene rings is 1. The Kier molecular flexibility index (Phi) is 4.74. The third-order valence-electron chi connectivity index (χ3n) is 4.28. The van der Waals surface area contributed by atoms with Crippen molar-refractivity contribution in [3.8, 4) is 0 Å². The second-order valence-electron chi connectivity index (χ2n) is 6.58. The summed E-state index contributed by atoms with van der Waals surface area (Å²) < 4.78 is 53.7. The van der Waals surface area contributed by atoms with Crippen LogP contribution in [-0.2, 0) is 5.21 Å². The standard InChI is InChI=1S/C16H14B2F4N6/c17-15(18,8-3-1-2-4-9(8)19)11-13-25-5-6-28(13)7-10(26-11)12(23)27-14(24)16(20,21)22/h1-7H,17-18H2,(H3,23,24,27). The predicted octanol–water partition coefficient (Wildman–Crippen LogP) is 0.581. The molecule has 0 bridgehead atoms. The average molecular weight is 388 g/mol. The molecule has 0 amide bonds. The Balaban J connectivity index is 2.19. The van der Waals surface area contributed by atoms with Crippen LogP contribution in [0.5, 0.6) is 0 Å². The van der Waals surface area contributed by atoms with Crippen LogP contribution < -0.4 is 5.73 Å². The largest absolute Gasteiger partial charge is 0.451 e. The van der Waals surface area contributed by atoms with Crippen molar-refractivity contribution in [2.45, 2.75) is 11.4 Å². The molecule has 2 aromatic heterocycles. The third kappa shape index (κ3) is 3.49. The van der Waals surface area contributed by atoms with Gasteiger partial charge in [-0.3, -0.25) is 5.41 Å². The van der Waals surface area contributed by atoms with Gasteiger partial charge < -0.3 is 10.1 Å². The number of fused-ring (bicyclic) bond motifs is 1. The topological polar surface area (TPSA) is 92.4 Å². The number of nitrogens with zero attached hydrogens (tertiary/aromatic N) is 4. The van der Waals surface area contributed by atoms with E-state index in [1.165, 1.54) is 22.9 Å². The van der Waals surface area contributed by atoms with Crippen molar-refractivity contribution in [2.75, 3.05) is 0 Å². The summed E-state index contributed by atoms with van der Waals surface area (Å²) in [6, 6.07) is 6.13. The number of nitrogens with one attached hydrogen (secondary N) is 1. The monoisotopic (exact) mass is 388 g/mol. The van der Waals surface area contributed by atoms with E-state index in [2.05, 4.69) is 15.0 Å². The molecule has 3 aromatic rings. The molecule has 0 unspecified atom stereocenters. The number of nitrogens with two attached hydrogens (primary N) is 1. The molecule has 0 aliphatic rings. The van der Waals surface area contributed by atoms with Crippen LogP contribution in [-0.4, -0.2) is 47.9 Å². The van der Waals surface area contributed by atoms with E-state index in [-0.39, 0.29) is 5.69 Å². The highest BCUT2D eigenvalue weighted by atomic mass is 19.4. The minimum Gasteiger partial charge on any atom is -0.382 e. The molecule has 0 spiro atoms. The number of hydrogen-bond acceptors (Lipinski definition) is 3. The summed E-state index contributed by atoms with van der Waals surface area (Å²) >= 11 is 0. The maximum absolute atomic E-state index is 14.4. The van der Waals surface area contributed by atoms with Gasteiger partial charge in [0.15, 0.2) is 11.5 Å². The number of rotatable bonds is 3. The molecule has 2 heterocycles. The first-order valence-electron chi connectivity index (χ1n) is 8.11. The molecule has 0 saturated heterocycles. The number of aliphatic imine (C=N–C) groups is 1. The summed E-state index contributed by atoms with van der Waals surface area (Å²) in [5.41, 5.74) is 6.63. The van der Waals surface area contributed by atoms with Gasteiger partial charge in [-0.15, -0.1) is 0 Å². The summed E-state index contributed by atoms with van der Waals surface area (Å²) in [7, 11) is 3.44. The fraction of sp³-hybridized carbons (Fsp3) is 0.125. The van der Waals surface area contributed by atoms with Crippen LogP contribution in [0.2, 0.25) is 0 Å². The molecule has 6 nitrogen and oxygen atoms in total. The normalized spacial score (nSPS) is 13.1. The van der Waals surface area contributed by atoms with Gasteiger partial charge in [0.05, 0.1) is 5.69 Å². The quantitative estimate of drug-likeness (QED) is 0.298. The van der Waals surface area contributed by atoms with Crippen molar-refractivity contribution in [1.29, 1.82) is 5.41 Å². The van der Waals surface area contributed by atoms with E-state index in [0.717, 1.165) is 0 Å². The van der Waals surface area contributed by atoms with Crippen LogP contribution in [0.15, 0.2) is 47.8 Å². The lowest BCUT2D eigenvalue weighted by molar-refractivity contribution is -0.0604. The van der Waals surface area contributed by atoms with Crippen LogP contribution in [0.25, 0.3) is 5.65 Å². The number of amidine groups is 2. The van der Waals surface area contributed by atoms with Gasteiger partial charge in [-0.2, -0.15) is 13.2 Å². The van der Waals surface area contributed by atoms with Crippen LogP contribution in [0, 0.1) is 11.2 Å². The molecular formula is C16H14B2F4N6. The van der Waals surface area contributed by atoms with Gasteiger partial charge in [0, 0.05) is 18.6 Å². The molecule has 3 N–H and O–H groups in total. The van der Waals surface area contributed by atoms with Crippen LogP contribution >= 0.6 is 0 Å². The Labute approximate surface area is 158 Å². The maximum atomic E-state index is 14.4. The Hall–Kier alpha value is -3.17. The highest BCUT2D eigenvalue weighted by Crippen LogP contribution is 2.29. The minimum atomic E-state index is -4.93. The fourth-order valence-electron chi connectivity index (χ4n) is 2.81. The van der Waals surface area contributed by atoms with Crippen molar-refractivity contribution in [2.24, 2.45) is 10.7 Å². The summed E-state index contributed by atoms with van der Waals surface area (Å²) in [5, 5.41) is 6.02. The number of hydrogen-bond donors (Lipinski definition) is 2. The van der Waals surface area contributed by atoms with Crippen LogP contribution in [0.4, 0.5) is 17.6 Å². The second kappa shape index (κ2) is 6.77. The lowest BCUT2D eigenvalue weighted by Gasteiger charge is -2.26. The van der Waals surface area contributed by atoms with Crippen molar-refractivity contribution in [3.63, 3.8) is 0 Å². The number of aromatic nitrogens is 3. The third-order valence-corrected chi connectivity index (χ3v) is 4.28. The maximum Gasteiger partial charge on any atom is 0.451 e. The molecule has 0 atom stereocenters. The van der Waals surface area contributed by atoms with E-state index in [1.54, 1.807) is 40.1 Å².